The first-order chi connectivity index (χ1) is 19.3. The van der Waals surface area contributed by atoms with Crippen LogP contribution in [0, 0.1) is 17.5 Å². The van der Waals surface area contributed by atoms with Gasteiger partial charge in [0.1, 0.15) is 17.1 Å². The van der Waals surface area contributed by atoms with E-state index in [4.69, 9.17) is 4.74 Å². The van der Waals surface area contributed by atoms with Crippen molar-refractivity contribution in [3.8, 4) is 17.0 Å². The monoisotopic (exact) mass is 551 g/mol. The maximum atomic E-state index is 15.6. The van der Waals surface area contributed by atoms with Crippen LogP contribution in [-0.4, -0.2) is 41.2 Å². The standard InChI is InChI=1S/C31H36F3N5O/c1-19(2)39-18-31(10-4-3-5-11-31)40-29-25(33)14-21(15-27(29)39)28-26(34)17-36-30(38-28)37-22-6-7-23(24(32)16-22)20-8-12-35-13-9-20/h6-7,14-17,19-20,35H,3-5,8-13,18H2,1-2H3,(H,36,37,38). The third-order valence-corrected chi connectivity index (χ3v) is 8.55. The van der Waals surface area contributed by atoms with Gasteiger partial charge in [0.2, 0.25) is 5.95 Å². The van der Waals surface area contributed by atoms with E-state index in [0.29, 0.717) is 29.0 Å². The molecular formula is C31H36F3N5O. The lowest BCUT2D eigenvalue weighted by molar-refractivity contribution is 0.0232. The molecule has 3 aromatic rings. The molecule has 3 heterocycles. The third kappa shape index (κ3) is 5.23. The van der Waals surface area contributed by atoms with E-state index < -0.39 is 17.2 Å². The molecule has 6 nitrogen and oxygen atoms in total. The molecule has 40 heavy (non-hydrogen) atoms. The largest absolute Gasteiger partial charge is 0.480 e. The molecule has 1 aliphatic carbocycles. The molecule has 3 aliphatic rings. The van der Waals surface area contributed by atoms with Crippen molar-refractivity contribution in [2.24, 2.45) is 0 Å². The molecule has 2 aliphatic heterocycles. The number of anilines is 3. The van der Waals surface area contributed by atoms with Gasteiger partial charge in [0.05, 0.1) is 18.4 Å². The molecule has 0 radical (unpaired) electrons. The molecule has 2 fully saturated rings. The predicted octanol–water partition coefficient (Wildman–Crippen LogP) is 7.08. The van der Waals surface area contributed by atoms with Crippen molar-refractivity contribution in [1.29, 1.82) is 0 Å². The normalized spacial score (nSPS) is 19.0. The molecule has 1 aromatic heterocycles. The Balaban J connectivity index is 1.29. The highest BCUT2D eigenvalue weighted by Gasteiger charge is 2.42. The van der Waals surface area contributed by atoms with Gasteiger partial charge >= 0.3 is 0 Å². The van der Waals surface area contributed by atoms with Gasteiger partial charge in [-0.2, -0.15) is 0 Å². The number of hydrogen-bond donors (Lipinski definition) is 2. The van der Waals surface area contributed by atoms with Crippen molar-refractivity contribution in [2.45, 2.75) is 76.4 Å². The summed E-state index contributed by atoms with van der Waals surface area (Å²) in [7, 11) is 0. The van der Waals surface area contributed by atoms with Gasteiger partial charge in [-0.05, 0) is 101 Å². The first-order valence-electron chi connectivity index (χ1n) is 14.4. The Labute approximate surface area is 233 Å². The Bertz CT molecular complexity index is 1390. The van der Waals surface area contributed by atoms with Crippen molar-refractivity contribution in [3.63, 3.8) is 0 Å². The molecule has 2 aromatic carbocycles. The number of benzene rings is 2. The number of fused-ring (bicyclic) bond motifs is 1. The molecule has 1 spiro atoms. The minimum Gasteiger partial charge on any atom is -0.480 e. The van der Waals surface area contributed by atoms with Crippen molar-refractivity contribution < 1.29 is 17.9 Å². The second-order valence-electron chi connectivity index (χ2n) is 11.6. The molecule has 1 saturated carbocycles. The van der Waals surface area contributed by atoms with Gasteiger partial charge < -0.3 is 20.3 Å². The summed E-state index contributed by atoms with van der Waals surface area (Å²) >= 11 is 0. The van der Waals surface area contributed by atoms with E-state index in [0.717, 1.165) is 57.8 Å². The first kappa shape index (κ1) is 26.9. The molecule has 1 saturated heterocycles. The molecule has 0 unspecified atom stereocenters. The summed E-state index contributed by atoms with van der Waals surface area (Å²) in [6.45, 7) is 6.56. The summed E-state index contributed by atoms with van der Waals surface area (Å²) in [4.78, 5) is 10.6. The summed E-state index contributed by atoms with van der Waals surface area (Å²) in [6.07, 6.45) is 7.92. The van der Waals surface area contributed by atoms with E-state index in [-0.39, 0.29) is 35.2 Å². The zero-order valence-corrected chi connectivity index (χ0v) is 23.1. The van der Waals surface area contributed by atoms with Crippen LogP contribution in [0.5, 0.6) is 5.75 Å². The predicted molar refractivity (Wildman–Crippen MR) is 151 cm³/mol. The van der Waals surface area contributed by atoms with Crippen molar-refractivity contribution >= 4 is 17.3 Å². The van der Waals surface area contributed by atoms with E-state index in [1.54, 1.807) is 18.2 Å². The highest BCUT2D eigenvalue weighted by Crippen LogP contribution is 2.47. The summed E-state index contributed by atoms with van der Waals surface area (Å²) in [6, 6.07) is 8.12. The summed E-state index contributed by atoms with van der Waals surface area (Å²) in [5.41, 5.74) is 1.62. The number of nitrogens with zero attached hydrogens (tertiary/aromatic N) is 3. The molecule has 212 valence electrons. The Morgan fingerprint density at radius 1 is 1.00 bits per heavy atom. The van der Waals surface area contributed by atoms with Crippen molar-refractivity contribution in [2.75, 3.05) is 29.9 Å². The maximum Gasteiger partial charge on any atom is 0.227 e. The second-order valence-corrected chi connectivity index (χ2v) is 11.6. The second kappa shape index (κ2) is 10.9. The number of rotatable bonds is 5. The average molecular weight is 552 g/mol. The van der Waals surface area contributed by atoms with Gasteiger partial charge in [0, 0.05) is 17.3 Å². The molecule has 0 amide bonds. The molecular weight excluding hydrogens is 515 g/mol. The highest BCUT2D eigenvalue weighted by molar-refractivity contribution is 5.73. The number of hydrogen-bond acceptors (Lipinski definition) is 6. The van der Waals surface area contributed by atoms with Gasteiger partial charge in [0.25, 0.3) is 0 Å². The van der Waals surface area contributed by atoms with E-state index in [2.05, 4.69) is 39.3 Å². The zero-order valence-electron chi connectivity index (χ0n) is 23.1. The maximum absolute atomic E-state index is 15.6. The van der Waals surface area contributed by atoms with Crippen LogP contribution in [-0.2, 0) is 0 Å². The fraction of sp³-hybridized carbons (Fsp3) is 0.484. The summed E-state index contributed by atoms with van der Waals surface area (Å²) < 4.78 is 52.0. The number of ether oxygens (including phenoxy) is 1. The van der Waals surface area contributed by atoms with Crippen LogP contribution in [0.4, 0.5) is 30.5 Å². The fourth-order valence-electron chi connectivity index (χ4n) is 6.42. The van der Waals surface area contributed by atoms with E-state index >= 15 is 8.78 Å². The first-order valence-corrected chi connectivity index (χ1v) is 14.4. The molecule has 0 atom stereocenters. The van der Waals surface area contributed by atoms with Gasteiger partial charge in [-0.3, -0.25) is 0 Å². The van der Waals surface area contributed by atoms with Crippen LogP contribution >= 0.6 is 0 Å². The lowest BCUT2D eigenvalue weighted by atomic mass is 9.82. The van der Waals surface area contributed by atoms with E-state index in [9.17, 15) is 4.39 Å². The SMILES string of the molecule is CC(C)N1CC2(CCCCC2)Oc2c(F)cc(-c3nc(Nc4ccc(C5CCNCC5)c(F)c4)ncc3F)cc21. The topological polar surface area (TPSA) is 62.3 Å². The van der Waals surface area contributed by atoms with Crippen LogP contribution in [0.3, 0.4) is 0 Å². The lowest BCUT2D eigenvalue weighted by Gasteiger charge is -2.48. The lowest BCUT2D eigenvalue weighted by Crippen LogP contribution is -2.54. The van der Waals surface area contributed by atoms with Crippen LogP contribution in [0.1, 0.15) is 70.3 Å². The van der Waals surface area contributed by atoms with Gasteiger partial charge in [0.15, 0.2) is 17.4 Å². The van der Waals surface area contributed by atoms with Crippen molar-refractivity contribution in [1.82, 2.24) is 15.3 Å². The number of nitrogens with one attached hydrogen (secondary N) is 2. The number of piperidine rings is 1. The smallest absolute Gasteiger partial charge is 0.227 e. The van der Waals surface area contributed by atoms with Gasteiger partial charge in [-0.1, -0.05) is 12.5 Å². The van der Waals surface area contributed by atoms with Crippen LogP contribution in [0.2, 0.25) is 0 Å². The van der Waals surface area contributed by atoms with Gasteiger partial charge in [-0.15, -0.1) is 0 Å². The minimum atomic E-state index is -0.672. The van der Waals surface area contributed by atoms with Crippen LogP contribution in [0.25, 0.3) is 11.3 Å². The van der Waals surface area contributed by atoms with Crippen molar-refractivity contribution in [3.05, 3.63) is 59.5 Å². The summed E-state index contributed by atoms with van der Waals surface area (Å²) in [5, 5.41) is 6.28. The van der Waals surface area contributed by atoms with Gasteiger partial charge in [-0.25, -0.2) is 23.1 Å². The van der Waals surface area contributed by atoms with Crippen LogP contribution < -0.4 is 20.3 Å². The molecule has 2 N–H and O–H groups in total. The average Bonchev–Trinajstić information content (AvgIpc) is 2.95. The molecule has 6 rings (SSSR count). The third-order valence-electron chi connectivity index (χ3n) is 8.55. The summed E-state index contributed by atoms with van der Waals surface area (Å²) in [5.74, 6) is -0.991. The van der Waals surface area contributed by atoms with E-state index in [1.165, 1.54) is 18.6 Å². The van der Waals surface area contributed by atoms with E-state index in [1.807, 2.05) is 0 Å². The number of halogens is 3. The molecule has 9 heteroatoms. The Hall–Kier alpha value is -3.33. The zero-order chi connectivity index (χ0) is 27.9. The van der Waals surface area contributed by atoms with Crippen LogP contribution in [0.15, 0.2) is 36.5 Å². The fourth-order valence-corrected chi connectivity index (χ4v) is 6.42. The minimum absolute atomic E-state index is 0.0346. The Morgan fingerprint density at radius 2 is 1.77 bits per heavy atom. The Kier molecular flexibility index (Phi) is 7.33. The number of aromatic nitrogens is 2. The quantitative estimate of drug-likeness (QED) is 0.353. The highest BCUT2D eigenvalue weighted by atomic mass is 19.1. The Morgan fingerprint density at radius 3 is 2.50 bits per heavy atom. The molecule has 0 bridgehead atoms.